The average molecular weight is 209 g/mol. The number of rotatable bonds is 3. The summed E-state index contributed by atoms with van der Waals surface area (Å²) in [5, 5.41) is 8.92. The SMILES string of the molecule is CC(C)N1CCC(CC#N)(N(C)C)CC1. The molecule has 0 amide bonds. The van der Waals surface area contributed by atoms with Crippen molar-refractivity contribution >= 4 is 0 Å². The van der Waals surface area contributed by atoms with Crippen LogP contribution in [0.4, 0.5) is 0 Å². The zero-order valence-corrected chi connectivity index (χ0v) is 10.5. The fraction of sp³-hybridized carbons (Fsp3) is 0.917. The molecule has 15 heavy (non-hydrogen) atoms. The van der Waals surface area contributed by atoms with E-state index in [-0.39, 0.29) is 5.54 Å². The Kier molecular flexibility index (Phi) is 4.12. The topological polar surface area (TPSA) is 30.3 Å². The number of likely N-dealkylation sites (tertiary alicyclic amines) is 1. The van der Waals surface area contributed by atoms with Crippen LogP contribution in [0.1, 0.15) is 33.1 Å². The summed E-state index contributed by atoms with van der Waals surface area (Å²) in [7, 11) is 4.20. The normalized spacial score (nSPS) is 21.9. The van der Waals surface area contributed by atoms with Crippen molar-refractivity contribution in [2.75, 3.05) is 27.2 Å². The van der Waals surface area contributed by atoms with Crippen LogP contribution in [0.5, 0.6) is 0 Å². The summed E-state index contributed by atoms with van der Waals surface area (Å²) in [6.07, 6.45) is 2.89. The lowest BCUT2D eigenvalue weighted by molar-refractivity contribution is 0.0470. The Morgan fingerprint density at radius 2 is 1.87 bits per heavy atom. The lowest BCUT2D eigenvalue weighted by atomic mass is 9.83. The van der Waals surface area contributed by atoms with Crippen molar-refractivity contribution in [1.82, 2.24) is 9.80 Å². The van der Waals surface area contributed by atoms with Gasteiger partial charge in [0.1, 0.15) is 0 Å². The van der Waals surface area contributed by atoms with Gasteiger partial charge in [-0.05, 0) is 40.8 Å². The van der Waals surface area contributed by atoms with Crippen LogP contribution in [0.25, 0.3) is 0 Å². The van der Waals surface area contributed by atoms with Gasteiger partial charge in [0.25, 0.3) is 0 Å². The summed E-state index contributed by atoms with van der Waals surface area (Å²) in [5.41, 5.74) is 0.125. The third-order valence-corrected chi connectivity index (χ3v) is 3.82. The first-order valence-corrected chi connectivity index (χ1v) is 5.80. The quantitative estimate of drug-likeness (QED) is 0.709. The van der Waals surface area contributed by atoms with E-state index in [0.29, 0.717) is 12.5 Å². The molecule has 3 heteroatoms. The van der Waals surface area contributed by atoms with Gasteiger partial charge in [0.05, 0.1) is 12.5 Å². The number of piperidine rings is 1. The van der Waals surface area contributed by atoms with Crippen molar-refractivity contribution in [3.63, 3.8) is 0 Å². The van der Waals surface area contributed by atoms with E-state index in [1.54, 1.807) is 0 Å². The first-order valence-electron chi connectivity index (χ1n) is 5.80. The van der Waals surface area contributed by atoms with E-state index in [4.69, 9.17) is 5.26 Å². The zero-order valence-electron chi connectivity index (χ0n) is 10.5. The maximum Gasteiger partial charge on any atom is 0.0641 e. The number of hydrogen-bond acceptors (Lipinski definition) is 3. The van der Waals surface area contributed by atoms with Gasteiger partial charge < -0.3 is 9.80 Å². The Hall–Kier alpha value is -0.590. The maximum atomic E-state index is 8.92. The van der Waals surface area contributed by atoms with E-state index in [9.17, 15) is 0 Å². The number of hydrogen-bond donors (Lipinski definition) is 0. The Labute approximate surface area is 93.7 Å². The van der Waals surface area contributed by atoms with Crippen LogP contribution in [0.2, 0.25) is 0 Å². The molecule has 1 aliphatic rings. The van der Waals surface area contributed by atoms with Gasteiger partial charge in [0.15, 0.2) is 0 Å². The highest BCUT2D eigenvalue weighted by Gasteiger charge is 2.36. The Morgan fingerprint density at radius 3 is 2.20 bits per heavy atom. The molecular formula is C12H23N3. The van der Waals surface area contributed by atoms with E-state index in [1.165, 1.54) is 0 Å². The first-order chi connectivity index (χ1) is 7.02. The highest BCUT2D eigenvalue weighted by atomic mass is 15.2. The number of nitrogens with zero attached hydrogens (tertiary/aromatic N) is 3. The second kappa shape index (κ2) is 4.96. The molecule has 0 N–H and O–H groups in total. The molecular weight excluding hydrogens is 186 g/mol. The molecule has 1 aliphatic heterocycles. The van der Waals surface area contributed by atoms with Crippen LogP contribution in [0.3, 0.4) is 0 Å². The summed E-state index contributed by atoms with van der Waals surface area (Å²) in [6, 6.07) is 2.98. The van der Waals surface area contributed by atoms with Crippen LogP contribution in [-0.2, 0) is 0 Å². The number of nitriles is 1. The summed E-state index contributed by atoms with van der Waals surface area (Å²) in [6.45, 7) is 6.73. The lowest BCUT2D eigenvalue weighted by Crippen LogP contribution is -2.53. The second-order valence-electron chi connectivity index (χ2n) is 5.08. The molecule has 0 saturated carbocycles. The largest absolute Gasteiger partial charge is 0.303 e. The summed E-state index contributed by atoms with van der Waals surface area (Å²) < 4.78 is 0. The van der Waals surface area contributed by atoms with E-state index in [0.717, 1.165) is 25.9 Å². The van der Waals surface area contributed by atoms with E-state index >= 15 is 0 Å². The molecule has 86 valence electrons. The van der Waals surface area contributed by atoms with Gasteiger partial charge in [-0.1, -0.05) is 0 Å². The monoisotopic (exact) mass is 209 g/mol. The lowest BCUT2D eigenvalue weighted by Gasteiger charge is -2.46. The zero-order chi connectivity index (χ0) is 11.5. The maximum absolute atomic E-state index is 8.92. The third kappa shape index (κ3) is 2.70. The molecule has 0 aromatic carbocycles. The van der Waals surface area contributed by atoms with E-state index < -0.39 is 0 Å². The molecule has 0 atom stereocenters. The first kappa shape index (κ1) is 12.5. The smallest absolute Gasteiger partial charge is 0.0641 e. The molecule has 0 aromatic rings. The predicted molar refractivity (Wildman–Crippen MR) is 62.6 cm³/mol. The van der Waals surface area contributed by atoms with Crippen molar-refractivity contribution in [3.8, 4) is 6.07 Å². The van der Waals surface area contributed by atoms with Crippen LogP contribution in [-0.4, -0.2) is 48.6 Å². The van der Waals surface area contributed by atoms with Crippen molar-refractivity contribution in [2.24, 2.45) is 0 Å². The molecule has 1 rings (SSSR count). The minimum absolute atomic E-state index is 0.125. The van der Waals surface area contributed by atoms with Gasteiger partial charge in [-0.2, -0.15) is 5.26 Å². The predicted octanol–water partition coefficient (Wildman–Crippen LogP) is 1.70. The molecule has 0 radical (unpaired) electrons. The van der Waals surface area contributed by atoms with Gasteiger partial charge in [-0.15, -0.1) is 0 Å². The third-order valence-electron chi connectivity index (χ3n) is 3.82. The molecule has 1 heterocycles. The van der Waals surface area contributed by atoms with E-state index in [2.05, 4.69) is 43.8 Å². The Morgan fingerprint density at radius 1 is 1.33 bits per heavy atom. The van der Waals surface area contributed by atoms with E-state index in [1.807, 2.05) is 0 Å². The fourth-order valence-corrected chi connectivity index (χ4v) is 2.39. The fourth-order valence-electron chi connectivity index (χ4n) is 2.39. The van der Waals surface area contributed by atoms with Crippen molar-refractivity contribution in [1.29, 1.82) is 5.26 Å². The molecule has 0 aromatic heterocycles. The van der Waals surface area contributed by atoms with Gasteiger partial charge in [0, 0.05) is 24.7 Å². The van der Waals surface area contributed by atoms with Crippen molar-refractivity contribution in [2.45, 2.75) is 44.7 Å². The average Bonchev–Trinajstić information content (AvgIpc) is 2.18. The van der Waals surface area contributed by atoms with Gasteiger partial charge in [0.2, 0.25) is 0 Å². The van der Waals surface area contributed by atoms with Crippen LogP contribution in [0.15, 0.2) is 0 Å². The van der Waals surface area contributed by atoms with Crippen molar-refractivity contribution in [3.05, 3.63) is 0 Å². The van der Waals surface area contributed by atoms with Gasteiger partial charge in [-0.25, -0.2) is 0 Å². The van der Waals surface area contributed by atoms with Crippen LogP contribution >= 0.6 is 0 Å². The summed E-state index contributed by atoms with van der Waals surface area (Å²) in [5.74, 6) is 0. The summed E-state index contributed by atoms with van der Waals surface area (Å²) in [4.78, 5) is 4.74. The Balaban J connectivity index is 2.62. The van der Waals surface area contributed by atoms with Gasteiger partial charge in [-0.3, -0.25) is 0 Å². The molecule has 0 aliphatic carbocycles. The minimum Gasteiger partial charge on any atom is -0.303 e. The molecule has 0 spiro atoms. The molecule has 1 fully saturated rings. The highest BCUT2D eigenvalue weighted by Crippen LogP contribution is 2.30. The highest BCUT2D eigenvalue weighted by molar-refractivity contribution is 4.99. The Bertz CT molecular complexity index is 232. The molecule has 3 nitrogen and oxygen atoms in total. The standard InChI is InChI=1S/C12H23N3/c1-11(2)15-9-6-12(5-8-13,7-10-15)14(3)4/h11H,5-7,9-10H2,1-4H3. The second-order valence-corrected chi connectivity index (χ2v) is 5.08. The van der Waals surface area contributed by atoms with Crippen molar-refractivity contribution < 1.29 is 0 Å². The molecule has 0 unspecified atom stereocenters. The summed E-state index contributed by atoms with van der Waals surface area (Å²) >= 11 is 0. The van der Waals surface area contributed by atoms with Crippen LogP contribution in [0, 0.1) is 11.3 Å². The van der Waals surface area contributed by atoms with Crippen LogP contribution < -0.4 is 0 Å². The van der Waals surface area contributed by atoms with Gasteiger partial charge >= 0.3 is 0 Å². The molecule has 0 bridgehead atoms. The minimum atomic E-state index is 0.125. The molecule has 1 saturated heterocycles.